The van der Waals surface area contributed by atoms with E-state index in [1.807, 2.05) is 19.9 Å². The molecule has 1 heterocycles. The normalized spacial score (nSPS) is 12.4. The second kappa shape index (κ2) is 7.16. The molecule has 0 bridgehead atoms. The van der Waals surface area contributed by atoms with Crippen molar-refractivity contribution in [2.24, 2.45) is 0 Å². The molecular formula is C13H23N3O2. The maximum atomic E-state index is 12.0. The average molecular weight is 253 g/mol. The molecule has 1 atom stereocenters. The third-order valence-corrected chi connectivity index (χ3v) is 2.81. The Morgan fingerprint density at radius 3 is 2.83 bits per heavy atom. The van der Waals surface area contributed by atoms with E-state index in [2.05, 4.69) is 10.4 Å². The van der Waals surface area contributed by atoms with Crippen LogP contribution in [0.5, 0.6) is 0 Å². The maximum absolute atomic E-state index is 12.0. The third-order valence-electron chi connectivity index (χ3n) is 2.81. The summed E-state index contributed by atoms with van der Waals surface area (Å²) in [6.45, 7) is 7.02. The van der Waals surface area contributed by atoms with Crippen LogP contribution in [-0.2, 0) is 13.0 Å². The number of rotatable bonds is 7. The van der Waals surface area contributed by atoms with Crippen LogP contribution >= 0.6 is 0 Å². The molecule has 0 aliphatic heterocycles. The molecule has 102 valence electrons. The van der Waals surface area contributed by atoms with E-state index in [1.165, 1.54) is 0 Å². The Balaban J connectivity index is 2.52. The Bertz CT molecular complexity index is 386. The van der Waals surface area contributed by atoms with Gasteiger partial charge in [0.05, 0.1) is 11.8 Å². The lowest BCUT2D eigenvalue weighted by Crippen LogP contribution is -2.27. The van der Waals surface area contributed by atoms with Crippen molar-refractivity contribution in [1.82, 2.24) is 15.1 Å². The van der Waals surface area contributed by atoms with Gasteiger partial charge in [0.1, 0.15) is 5.69 Å². The predicted octanol–water partition coefficient (Wildman–Crippen LogP) is 1.36. The fourth-order valence-corrected chi connectivity index (χ4v) is 1.76. The average Bonchev–Trinajstić information content (AvgIpc) is 2.77. The molecule has 0 saturated heterocycles. The lowest BCUT2D eigenvalue weighted by molar-refractivity contribution is 0.0939. The number of aliphatic hydroxyl groups is 1. The summed E-state index contributed by atoms with van der Waals surface area (Å²) in [5.74, 6) is -0.0883. The summed E-state index contributed by atoms with van der Waals surface area (Å²) in [5, 5.41) is 16.3. The van der Waals surface area contributed by atoms with Crippen molar-refractivity contribution in [3.63, 3.8) is 0 Å². The monoisotopic (exact) mass is 253 g/mol. The molecule has 18 heavy (non-hydrogen) atoms. The molecule has 1 aromatic rings. The first kappa shape index (κ1) is 14.7. The topological polar surface area (TPSA) is 67.2 Å². The van der Waals surface area contributed by atoms with Gasteiger partial charge in [-0.25, -0.2) is 0 Å². The number of nitrogens with zero attached hydrogens (tertiary/aromatic N) is 2. The van der Waals surface area contributed by atoms with Crippen LogP contribution in [0.1, 0.15) is 49.8 Å². The van der Waals surface area contributed by atoms with Crippen LogP contribution < -0.4 is 5.32 Å². The summed E-state index contributed by atoms with van der Waals surface area (Å²) in [5.41, 5.74) is 1.55. The standard InChI is InChI=1S/C13H23N3O2/c1-4-11-9-12(16(5-2)15-11)13(18)14-8-6-7-10(3)17/h9-10,17H,4-8H2,1-3H3,(H,14,18). The molecule has 0 fully saturated rings. The van der Waals surface area contributed by atoms with Gasteiger partial charge >= 0.3 is 0 Å². The lowest BCUT2D eigenvalue weighted by atomic mass is 10.2. The minimum Gasteiger partial charge on any atom is -0.393 e. The van der Waals surface area contributed by atoms with Gasteiger partial charge < -0.3 is 10.4 Å². The Kier molecular flexibility index (Phi) is 5.85. The first-order valence-corrected chi connectivity index (χ1v) is 6.61. The minimum atomic E-state index is -0.310. The highest BCUT2D eigenvalue weighted by molar-refractivity contribution is 5.92. The van der Waals surface area contributed by atoms with Gasteiger partial charge in [-0.2, -0.15) is 5.10 Å². The van der Waals surface area contributed by atoms with Crippen molar-refractivity contribution in [2.45, 2.75) is 52.7 Å². The molecule has 1 amide bonds. The summed E-state index contributed by atoms with van der Waals surface area (Å²) in [7, 11) is 0. The van der Waals surface area contributed by atoms with Gasteiger partial charge in [0, 0.05) is 13.1 Å². The minimum absolute atomic E-state index is 0.0883. The van der Waals surface area contributed by atoms with E-state index in [1.54, 1.807) is 11.6 Å². The lowest BCUT2D eigenvalue weighted by Gasteiger charge is -2.07. The SMILES string of the molecule is CCc1cc(C(=O)NCCCC(C)O)n(CC)n1. The molecule has 5 heteroatoms. The molecule has 5 nitrogen and oxygen atoms in total. The van der Waals surface area contributed by atoms with Gasteiger partial charge in [-0.1, -0.05) is 6.92 Å². The van der Waals surface area contributed by atoms with Crippen molar-refractivity contribution in [3.05, 3.63) is 17.5 Å². The van der Waals surface area contributed by atoms with Gasteiger partial charge in [-0.15, -0.1) is 0 Å². The molecule has 0 radical (unpaired) electrons. The quantitative estimate of drug-likeness (QED) is 0.721. The van der Waals surface area contributed by atoms with E-state index in [0.29, 0.717) is 25.2 Å². The molecular weight excluding hydrogens is 230 g/mol. The first-order chi connectivity index (χ1) is 8.58. The molecule has 0 saturated carbocycles. The highest BCUT2D eigenvalue weighted by atomic mass is 16.3. The van der Waals surface area contributed by atoms with Gasteiger partial charge in [0.2, 0.25) is 0 Å². The van der Waals surface area contributed by atoms with Gasteiger partial charge in [-0.3, -0.25) is 9.48 Å². The summed E-state index contributed by atoms with van der Waals surface area (Å²) < 4.78 is 1.73. The largest absolute Gasteiger partial charge is 0.393 e. The molecule has 1 unspecified atom stereocenters. The van der Waals surface area contributed by atoms with Gasteiger partial charge in [0.25, 0.3) is 5.91 Å². The van der Waals surface area contributed by atoms with Crippen molar-refractivity contribution < 1.29 is 9.90 Å². The molecule has 1 rings (SSSR count). The summed E-state index contributed by atoms with van der Waals surface area (Å²) in [6.07, 6.45) is 2.00. The van der Waals surface area contributed by atoms with E-state index >= 15 is 0 Å². The number of amides is 1. The number of aromatic nitrogens is 2. The van der Waals surface area contributed by atoms with Crippen LogP contribution in [0.4, 0.5) is 0 Å². The fourth-order valence-electron chi connectivity index (χ4n) is 1.76. The number of aliphatic hydroxyl groups excluding tert-OH is 1. The number of carbonyl (C=O) groups is 1. The van der Waals surface area contributed by atoms with Crippen molar-refractivity contribution >= 4 is 5.91 Å². The first-order valence-electron chi connectivity index (χ1n) is 6.61. The molecule has 2 N–H and O–H groups in total. The second-order valence-electron chi connectivity index (χ2n) is 4.44. The van der Waals surface area contributed by atoms with Gasteiger partial charge in [-0.05, 0) is 39.2 Å². The predicted molar refractivity (Wildman–Crippen MR) is 70.5 cm³/mol. The fraction of sp³-hybridized carbons (Fsp3) is 0.692. The highest BCUT2D eigenvalue weighted by Crippen LogP contribution is 2.05. The van der Waals surface area contributed by atoms with Crippen LogP contribution in [0, 0.1) is 0 Å². The zero-order chi connectivity index (χ0) is 13.5. The van der Waals surface area contributed by atoms with Crippen LogP contribution in [0.25, 0.3) is 0 Å². The number of carbonyl (C=O) groups excluding carboxylic acids is 1. The Morgan fingerprint density at radius 2 is 2.28 bits per heavy atom. The molecule has 1 aromatic heterocycles. The van der Waals surface area contributed by atoms with Gasteiger partial charge in [0.15, 0.2) is 0 Å². The third kappa shape index (κ3) is 4.14. The summed E-state index contributed by atoms with van der Waals surface area (Å²) in [4.78, 5) is 12.0. The molecule has 0 aromatic carbocycles. The van der Waals surface area contributed by atoms with E-state index in [4.69, 9.17) is 5.11 Å². The van der Waals surface area contributed by atoms with Crippen LogP contribution in [-0.4, -0.2) is 33.4 Å². The second-order valence-corrected chi connectivity index (χ2v) is 4.44. The Labute approximate surface area is 108 Å². The smallest absolute Gasteiger partial charge is 0.269 e. The van der Waals surface area contributed by atoms with Crippen molar-refractivity contribution in [1.29, 1.82) is 0 Å². The van der Waals surface area contributed by atoms with E-state index in [9.17, 15) is 4.79 Å². The van der Waals surface area contributed by atoms with E-state index in [-0.39, 0.29) is 12.0 Å². The van der Waals surface area contributed by atoms with Crippen LogP contribution in [0.2, 0.25) is 0 Å². The zero-order valence-electron chi connectivity index (χ0n) is 11.4. The molecule has 0 aliphatic carbocycles. The Hall–Kier alpha value is -1.36. The molecule has 0 spiro atoms. The summed E-state index contributed by atoms with van der Waals surface area (Å²) >= 11 is 0. The number of aryl methyl sites for hydroxylation is 2. The van der Waals surface area contributed by atoms with Crippen LogP contribution in [0.3, 0.4) is 0 Å². The van der Waals surface area contributed by atoms with Crippen molar-refractivity contribution in [2.75, 3.05) is 6.54 Å². The Morgan fingerprint density at radius 1 is 1.56 bits per heavy atom. The maximum Gasteiger partial charge on any atom is 0.269 e. The number of nitrogens with one attached hydrogen (secondary N) is 1. The zero-order valence-corrected chi connectivity index (χ0v) is 11.4. The van der Waals surface area contributed by atoms with Crippen LogP contribution in [0.15, 0.2) is 6.07 Å². The van der Waals surface area contributed by atoms with E-state index in [0.717, 1.165) is 18.5 Å². The molecule has 0 aliphatic rings. The number of hydrogen-bond acceptors (Lipinski definition) is 3. The highest BCUT2D eigenvalue weighted by Gasteiger charge is 2.13. The van der Waals surface area contributed by atoms with E-state index < -0.39 is 0 Å². The number of hydrogen-bond donors (Lipinski definition) is 2. The summed E-state index contributed by atoms with van der Waals surface area (Å²) in [6, 6.07) is 1.84. The van der Waals surface area contributed by atoms with Crippen molar-refractivity contribution in [3.8, 4) is 0 Å².